The van der Waals surface area contributed by atoms with Crippen LogP contribution >= 0.6 is 11.3 Å². The maximum atomic E-state index is 12.2. The Balaban J connectivity index is 2.11. The van der Waals surface area contributed by atoms with Crippen LogP contribution in [-0.4, -0.2) is 35.9 Å². The van der Waals surface area contributed by atoms with Gasteiger partial charge in [0, 0.05) is 25.0 Å². The minimum atomic E-state index is 0.121. The molecule has 1 fully saturated rings. The number of thiazole rings is 1. The maximum Gasteiger partial charge on any atom is 0.228 e. The lowest BCUT2D eigenvalue weighted by Gasteiger charge is -2.33. The highest BCUT2D eigenvalue weighted by atomic mass is 32.1. The number of nitrogens with one attached hydrogen (secondary N) is 1. The summed E-state index contributed by atoms with van der Waals surface area (Å²) in [4.78, 5) is 19.8. The molecule has 1 atom stereocenters. The van der Waals surface area contributed by atoms with E-state index in [1.807, 2.05) is 18.9 Å². The molecule has 1 aromatic rings. The van der Waals surface area contributed by atoms with Gasteiger partial charge in [0.2, 0.25) is 5.91 Å². The first-order valence-corrected chi connectivity index (χ1v) is 7.29. The highest BCUT2D eigenvalue weighted by molar-refractivity contribution is 7.11. The first kappa shape index (κ1) is 13.5. The van der Waals surface area contributed by atoms with E-state index in [1.54, 1.807) is 11.3 Å². The van der Waals surface area contributed by atoms with E-state index in [0.29, 0.717) is 0 Å². The monoisotopic (exact) mass is 267 g/mol. The van der Waals surface area contributed by atoms with Gasteiger partial charge in [0.15, 0.2) is 0 Å². The summed E-state index contributed by atoms with van der Waals surface area (Å²) in [6.45, 7) is 7.87. The minimum Gasteiger partial charge on any atom is -0.338 e. The fraction of sp³-hybridized carbons (Fsp3) is 0.692. The summed E-state index contributed by atoms with van der Waals surface area (Å²) >= 11 is 1.73. The number of amides is 1. The van der Waals surface area contributed by atoms with E-state index in [1.165, 1.54) is 4.88 Å². The molecule has 1 unspecified atom stereocenters. The van der Waals surface area contributed by atoms with Gasteiger partial charge in [-0.3, -0.25) is 4.79 Å². The van der Waals surface area contributed by atoms with Gasteiger partial charge in [-0.2, -0.15) is 0 Å². The molecule has 1 aromatic heterocycles. The zero-order chi connectivity index (χ0) is 13.3. The minimum absolute atomic E-state index is 0.121. The van der Waals surface area contributed by atoms with Crippen molar-refractivity contribution in [3.8, 4) is 0 Å². The predicted molar refractivity (Wildman–Crippen MR) is 73.8 cm³/mol. The van der Waals surface area contributed by atoms with Crippen LogP contribution in [-0.2, 0) is 11.2 Å². The molecule has 0 radical (unpaired) electrons. The van der Waals surface area contributed by atoms with Gasteiger partial charge in [-0.05, 0) is 20.3 Å². The number of carbonyl (C=O) groups excluding carboxylic acids is 1. The average Bonchev–Trinajstić information content (AvgIpc) is 2.66. The molecule has 18 heavy (non-hydrogen) atoms. The third kappa shape index (κ3) is 2.42. The second-order valence-electron chi connectivity index (χ2n) is 4.89. The second-order valence-corrected chi connectivity index (χ2v) is 6.01. The average molecular weight is 267 g/mol. The Hall–Kier alpha value is -0.940. The zero-order valence-corrected chi connectivity index (χ0v) is 12.3. The van der Waals surface area contributed by atoms with E-state index >= 15 is 0 Å². The summed E-state index contributed by atoms with van der Waals surface area (Å²) in [7, 11) is 1.90. The lowest BCUT2D eigenvalue weighted by atomic mass is 10.0. The Morgan fingerprint density at radius 3 is 2.72 bits per heavy atom. The Morgan fingerprint density at radius 2 is 2.28 bits per heavy atom. The molecule has 5 heteroatoms. The number of carbonyl (C=O) groups is 1. The summed E-state index contributed by atoms with van der Waals surface area (Å²) < 4.78 is 0. The van der Waals surface area contributed by atoms with Crippen LogP contribution in [0.5, 0.6) is 0 Å². The molecule has 1 amide bonds. The van der Waals surface area contributed by atoms with Crippen LogP contribution < -0.4 is 5.32 Å². The fourth-order valence-corrected chi connectivity index (χ4v) is 3.23. The molecule has 1 aliphatic heterocycles. The Kier molecular flexibility index (Phi) is 4.02. The summed E-state index contributed by atoms with van der Waals surface area (Å²) in [6, 6.07) is 0.121. The normalized spacial score (nSPS) is 17.3. The van der Waals surface area contributed by atoms with Gasteiger partial charge in [-0.25, -0.2) is 4.98 Å². The molecule has 0 spiro atoms. The number of aromatic nitrogens is 1. The van der Waals surface area contributed by atoms with Crippen molar-refractivity contribution in [2.24, 2.45) is 5.92 Å². The first-order chi connectivity index (χ1) is 8.54. The Morgan fingerprint density at radius 1 is 1.61 bits per heavy atom. The summed E-state index contributed by atoms with van der Waals surface area (Å²) in [6.07, 6.45) is 0.961. The molecule has 4 nitrogen and oxygen atoms in total. The molecule has 100 valence electrons. The summed E-state index contributed by atoms with van der Waals surface area (Å²) in [5.41, 5.74) is 1.07. The Bertz CT molecular complexity index is 439. The number of hydrogen-bond donors (Lipinski definition) is 1. The SMILES string of the molecule is CCc1nc(C)c(C(C)N(C)C(=O)C2CNC2)s1. The van der Waals surface area contributed by atoms with Crippen molar-refractivity contribution in [1.29, 1.82) is 0 Å². The molecule has 1 aliphatic rings. The van der Waals surface area contributed by atoms with E-state index in [-0.39, 0.29) is 17.9 Å². The van der Waals surface area contributed by atoms with E-state index in [2.05, 4.69) is 24.1 Å². The Labute approximate surface area is 112 Å². The molecule has 0 saturated carbocycles. The molecular weight excluding hydrogens is 246 g/mol. The van der Waals surface area contributed by atoms with Gasteiger partial charge in [-0.1, -0.05) is 6.92 Å². The summed E-state index contributed by atoms with van der Waals surface area (Å²) in [5.74, 6) is 0.406. The van der Waals surface area contributed by atoms with Crippen molar-refractivity contribution < 1.29 is 4.79 Å². The van der Waals surface area contributed by atoms with Crippen molar-refractivity contribution in [2.45, 2.75) is 33.2 Å². The van der Waals surface area contributed by atoms with Crippen LogP contribution in [0, 0.1) is 12.8 Å². The third-order valence-electron chi connectivity index (χ3n) is 3.62. The standard InChI is InChI=1S/C13H21N3OS/c1-5-11-15-8(2)12(18-11)9(3)16(4)13(17)10-6-14-7-10/h9-10,14H,5-7H2,1-4H3. The highest BCUT2D eigenvalue weighted by Gasteiger charge is 2.31. The van der Waals surface area contributed by atoms with Crippen molar-refractivity contribution in [1.82, 2.24) is 15.2 Å². The zero-order valence-electron chi connectivity index (χ0n) is 11.5. The van der Waals surface area contributed by atoms with E-state index in [4.69, 9.17) is 0 Å². The molecule has 1 saturated heterocycles. The highest BCUT2D eigenvalue weighted by Crippen LogP contribution is 2.29. The fourth-order valence-electron chi connectivity index (χ4n) is 2.12. The van der Waals surface area contributed by atoms with Gasteiger partial charge in [-0.15, -0.1) is 11.3 Å². The molecule has 2 rings (SSSR count). The van der Waals surface area contributed by atoms with Crippen LogP contribution in [0.2, 0.25) is 0 Å². The molecule has 0 bridgehead atoms. The number of nitrogens with zero attached hydrogens (tertiary/aromatic N) is 2. The maximum absolute atomic E-state index is 12.2. The van der Waals surface area contributed by atoms with E-state index in [9.17, 15) is 4.79 Å². The second kappa shape index (κ2) is 5.36. The number of rotatable bonds is 4. The van der Waals surface area contributed by atoms with Gasteiger partial charge >= 0.3 is 0 Å². The van der Waals surface area contributed by atoms with Crippen LogP contribution in [0.3, 0.4) is 0 Å². The first-order valence-electron chi connectivity index (χ1n) is 6.48. The van der Waals surface area contributed by atoms with Gasteiger partial charge in [0.1, 0.15) is 0 Å². The topological polar surface area (TPSA) is 45.2 Å². The van der Waals surface area contributed by atoms with Crippen LogP contribution in [0.1, 0.15) is 35.5 Å². The van der Waals surface area contributed by atoms with Crippen LogP contribution in [0.4, 0.5) is 0 Å². The lowest BCUT2D eigenvalue weighted by Crippen LogP contribution is -2.51. The largest absolute Gasteiger partial charge is 0.338 e. The molecule has 0 aromatic carbocycles. The van der Waals surface area contributed by atoms with Gasteiger partial charge < -0.3 is 10.2 Å². The molecule has 2 heterocycles. The molecular formula is C13H21N3OS. The smallest absolute Gasteiger partial charge is 0.228 e. The van der Waals surface area contributed by atoms with E-state index in [0.717, 1.165) is 30.2 Å². The lowest BCUT2D eigenvalue weighted by molar-refractivity contribution is -0.137. The van der Waals surface area contributed by atoms with Crippen molar-refractivity contribution in [2.75, 3.05) is 20.1 Å². The van der Waals surface area contributed by atoms with Crippen molar-refractivity contribution >= 4 is 17.2 Å². The number of hydrogen-bond acceptors (Lipinski definition) is 4. The summed E-state index contributed by atoms with van der Waals surface area (Å²) in [5, 5.41) is 4.30. The van der Waals surface area contributed by atoms with E-state index < -0.39 is 0 Å². The van der Waals surface area contributed by atoms with Crippen molar-refractivity contribution in [3.63, 3.8) is 0 Å². The van der Waals surface area contributed by atoms with Crippen LogP contribution in [0.25, 0.3) is 0 Å². The molecule has 0 aliphatic carbocycles. The van der Waals surface area contributed by atoms with Crippen molar-refractivity contribution in [3.05, 3.63) is 15.6 Å². The van der Waals surface area contributed by atoms with Gasteiger partial charge in [0.05, 0.1) is 22.7 Å². The third-order valence-corrected chi connectivity index (χ3v) is 5.09. The number of aryl methyl sites for hydroxylation is 2. The van der Waals surface area contributed by atoms with Gasteiger partial charge in [0.25, 0.3) is 0 Å². The predicted octanol–water partition coefficient (Wildman–Crippen LogP) is 1.75. The quantitative estimate of drug-likeness (QED) is 0.904. The van der Waals surface area contributed by atoms with Crippen LogP contribution in [0.15, 0.2) is 0 Å². The molecule has 1 N–H and O–H groups in total.